The van der Waals surface area contributed by atoms with Gasteiger partial charge in [0.1, 0.15) is 0 Å². The van der Waals surface area contributed by atoms with Crippen molar-refractivity contribution < 1.29 is 0 Å². The van der Waals surface area contributed by atoms with Crippen LogP contribution in [-0.4, -0.2) is 13.9 Å². The fraction of sp³-hybridized carbons (Fsp3) is 1.00. The largest absolute Gasteiger partial charge is 0.328 e. The third-order valence-corrected chi connectivity index (χ3v) is 1.15. The molecule has 0 bridgehead atoms. The van der Waals surface area contributed by atoms with Gasteiger partial charge in [-0.15, -0.1) is 0 Å². The minimum Gasteiger partial charge on any atom is -0.328 e. The van der Waals surface area contributed by atoms with Crippen LogP contribution < -0.4 is 5.73 Å². The Hall–Kier alpha value is 0.0249. The van der Waals surface area contributed by atoms with Crippen LogP contribution in [0.2, 0.25) is 5.82 Å². The third-order valence-electron chi connectivity index (χ3n) is 1.15. The van der Waals surface area contributed by atoms with E-state index in [1.54, 1.807) is 0 Å². The van der Waals surface area contributed by atoms with Gasteiger partial charge in [0.05, 0.1) is 7.85 Å². The summed E-state index contributed by atoms with van der Waals surface area (Å²) in [5.41, 5.74) is 5.42. The maximum absolute atomic E-state index is 5.49. The molecule has 2 heteroatoms. The van der Waals surface area contributed by atoms with Gasteiger partial charge in [-0.2, -0.15) is 0 Å². The highest BCUT2D eigenvalue weighted by Gasteiger charge is 2.01. The van der Waals surface area contributed by atoms with Gasteiger partial charge in [-0.3, -0.25) is 0 Å². The summed E-state index contributed by atoms with van der Waals surface area (Å²) in [5.74, 6) is 0.181. The standard InChI is InChI=1S/C5H12BN/c1-3-5(6)4(2)7/h4-5H,3,7H2,1-2H3. The van der Waals surface area contributed by atoms with E-state index in [1.807, 2.05) is 13.8 Å². The van der Waals surface area contributed by atoms with Crippen LogP contribution in [0.25, 0.3) is 0 Å². The lowest BCUT2D eigenvalue weighted by molar-refractivity contribution is 0.651. The SMILES string of the molecule is [B]C(CC)C(C)N. The molecule has 0 saturated heterocycles. The Labute approximate surface area is 46.7 Å². The van der Waals surface area contributed by atoms with Gasteiger partial charge in [-0.25, -0.2) is 0 Å². The molecule has 2 atom stereocenters. The van der Waals surface area contributed by atoms with Crippen molar-refractivity contribution in [2.24, 2.45) is 5.73 Å². The van der Waals surface area contributed by atoms with Crippen molar-refractivity contribution >= 4 is 7.85 Å². The molecule has 0 saturated carbocycles. The first kappa shape index (κ1) is 7.02. The minimum absolute atomic E-state index is 0.144. The lowest BCUT2D eigenvalue weighted by Crippen LogP contribution is -2.21. The Morgan fingerprint density at radius 1 is 1.71 bits per heavy atom. The third kappa shape index (κ3) is 2.69. The van der Waals surface area contributed by atoms with Crippen LogP contribution in [0.1, 0.15) is 20.3 Å². The minimum atomic E-state index is 0.144. The number of rotatable bonds is 2. The van der Waals surface area contributed by atoms with Crippen LogP contribution in [0, 0.1) is 0 Å². The van der Waals surface area contributed by atoms with Crippen LogP contribution >= 0.6 is 0 Å². The van der Waals surface area contributed by atoms with E-state index < -0.39 is 0 Å². The summed E-state index contributed by atoms with van der Waals surface area (Å²) < 4.78 is 0. The first-order valence-electron chi connectivity index (χ1n) is 2.69. The van der Waals surface area contributed by atoms with E-state index in [9.17, 15) is 0 Å². The fourth-order valence-electron chi connectivity index (χ4n) is 0.372. The van der Waals surface area contributed by atoms with Gasteiger partial charge < -0.3 is 5.73 Å². The van der Waals surface area contributed by atoms with E-state index in [1.165, 1.54) is 0 Å². The zero-order chi connectivity index (χ0) is 5.86. The Morgan fingerprint density at radius 2 is 2.14 bits per heavy atom. The fourth-order valence-corrected chi connectivity index (χ4v) is 0.372. The second-order valence-corrected chi connectivity index (χ2v) is 1.93. The van der Waals surface area contributed by atoms with Crippen LogP contribution in [0.5, 0.6) is 0 Å². The van der Waals surface area contributed by atoms with Crippen molar-refractivity contribution in [3.8, 4) is 0 Å². The molecule has 0 heterocycles. The average Bonchev–Trinajstić information content (AvgIpc) is 1.65. The van der Waals surface area contributed by atoms with Gasteiger partial charge in [0.15, 0.2) is 0 Å². The van der Waals surface area contributed by atoms with Gasteiger partial charge in [0.25, 0.3) is 0 Å². The zero-order valence-electron chi connectivity index (χ0n) is 5.02. The zero-order valence-corrected chi connectivity index (χ0v) is 5.02. The van der Waals surface area contributed by atoms with Gasteiger partial charge in [-0.1, -0.05) is 26.1 Å². The molecule has 0 amide bonds. The molecule has 0 aromatic rings. The molecule has 0 aliphatic rings. The average molecular weight is 97.0 g/mol. The Morgan fingerprint density at radius 3 is 2.14 bits per heavy atom. The van der Waals surface area contributed by atoms with Gasteiger partial charge >= 0.3 is 0 Å². The number of hydrogen-bond donors (Lipinski definition) is 1. The topological polar surface area (TPSA) is 26.0 Å². The molecule has 2 radical (unpaired) electrons. The quantitative estimate of drug-likeness (QED) is 0.504. The van der Waals surface area contributed by atoms with Crippen molar-refractivity contribution in [3.05, 3.63) is 0 Å². The molecule has 0 aliphatic heterocycles. The van der Waals surface area contributed by atoms with E-state index in [4.69, 9.17) is 13.6 Å². The summed E-state index contributed by atoms with van der Waals surface area (Å²) in [6.45, 7) is 3.96. The summed E-state index contributed by atoms with van der Waals surface area (Å²) in [5, 5.41) is 0. The first-order chi connectivity index (χ1) is 3.18. The second kappa shape index (κ2) is 3.08. The summed E-state index contributed by atoms with van der Waals surface area (Å²) in [4.78, 5) is 0. The predicted molar refractivity (Wildman–Crippen MR) is 33.4 cm³/mol. The van der Waals surface area contributed by atoms with Gasteiger partial charge in [0, 0.05) is 0 Å². The van der Waals surface area contributed by atoms with Crippen molar-refractivity contribution in [2.45, 2.75) is 32.1 Å². The molecule has 40 valence electrons. The highest BCUT2D eigenvalue weighted by Crippen LogP contribution is 2.06. The molecular formula is C5H12BN. The normalized spacial score (nSPS) is 18.7. The maximum atomic E-state index is 5.49. The lowest BCUT2D eigenvalue weighted by atomic mass is 9.80. The molecule has 1 nitrogen and oxygen atoms in total. The number of nitrogens with two attached hydrogens (primary N) is 1. The van der Waals surface area contributed by atoms with Crippen LogP contribution in [0.15, 0.2) is 0 Å². The molecule has 0 rings (SSSR count). The Bertz CT molecular complexity index is 45.3. The highest BCUT2D eigenvalue weighted by atomic mass is 14.6. The van der Waals surface area contributed by atoms with E-state index in [0.717, 1.165) is 6.42 Å². The lowest BCUT2D eigenvalue weighted by Gasteiger charge is -2.11. The summed E-state index contributed by atoms with van der Waals surface area (Å²) in [6.07, 6.45) is 0.970. The molecular weight excluding hydrogens is 84.9 g/mol. The van der Waals surface area contributed by atoms with E-state index in [0.29, 0.717) is 0 Å². The molecule has 2 N–H and O–H groups in total. The van der Waals surface area contributed by atoms with E-state index in [-0.39, 0.29) is 11.9 Å². The van der Waals surface area contributed by atoms with Crippen molar-refractivity contribution in [2.75, 3.05) is 0 Å². The molecule has 0 spiro atoms. The van der Waals surface area contributed by atoms with Crippen LogP contribution in [0.3, 0.4) is 0 Å². The molecule has 0 aliphatic carbocycles. The van der Waals surface area contributed by atoms with Crippen LogP contribution in [-0.2, 0) is 0 Å². The van der Waals surface area contributed by atoms with Crippen molar-refractivity contribution in [3.63, 3.8) is 0 Å². The van der Waals surface area contributed by atoms with Crippen molar-refractivity contribution in [1.82, 2.24) is 0 Å². The smallest absolute Gasteiger partial charge is 0.0720 e. The monoisotopic (exact) mass is 97.1 g/mol. The van der Waals surface area contributed by atoms with Crippen LogP contribution in [0.4, 0.5) is 0 Å². The highest BCUT2D eigenvalue weighted by molar-refractivity contribution is 6.12. The number of hydrogen-bond acceptors (Lipinski definition) is 1. The maximum Gasteiger partial charge on any atom is 0.0720 e. The summed E-state index contributed by atoms with van der Waals surface area (Å²) in [7, 11) is 5.49. The first-order valence-corrected chi connectivity index (χ1v) is 2.69. The Balaban J connectivity index is 3.14. The second-order valence-electron chi connectivity index (χ2n) is 1.93. The molecule has 0 fully saturated rings. The van der Waals surface area contributed by atoms with E-state index >= 15 is 0 Å². The molecule has 7 heavy (non-hydrogen) atoms. The molecule has 0 aromatic heterocycles. The molecule has 2 unspecified atom stereocenters. The molecule has 0 aromatic carbocycles. The van der Waals surface area contributed by atoms with Gasteiger partial charge in [-0.05, 0) is 6.04 Å². The Kier molecular flexibility index (Phi) is 3.09. The van der Waals surface area contributed by atoms with Gasteiger partial charge in [0.2, 0.25) is 0 Å². The predicted octanol–water partition coefficient (Wildman–Crippen LogP) is 0.701. The van der Waals surface area contributed by atoms with E-state index in [2.05, 4.69) is 0 Å². The summed E-state index contributed by atoms with van der Waals surface area (Å²) in [6, 6.07) is 0.144. The summed E-state index contributed by atoms with van der Waals surface area (Å²) >= 11 is 0. The van der Waals surface area contributed by atoms with Crippen molar-refractivity contribution in [1.29, 1.82) is 0 Å².